The minimum Gasteiger partial charge on any atom is -0.393 e. The van der Waals surface area contributed by atoms with E-state index in [9.17, 15) is 0 Å². The van der Waals surface area contributed by atoms with Crippen LogP contribution in [-0.2, 0) is 11.3 Å². The fraction of sp³-hybridized carbons (Fsp3) is 0.400. The van der Waals surface area contributed by atoms with Crippen LogP contribution in [0.15, 0.2) is 18.2 Å². The number of hydrogen-bond donors (Lipinski definition) is 1. The first-order chi connectivity index (χ1) is 5.81. The number of fused-ring (bicyclic) bond motifs is 1. The predicted octanol–water partition coefficient (Wildman–Crippen LogP) is 1.56. The molecule has 2 heteroatoms. The Balaban J connectivity index is 2.40. The van der Waals surface area contributed by atoms with Crippen molar-refractivity contribution >= 4 is 0 Å². The smallest absolute Gasteiger partial charge is 0.106 e. The van der Waals surface area contributed by atoms with E-state index in [-0.39, 0.29) is 12.7 Å². The molecule has 0 radical (unpaired) electrons. The fourth-order valence-corrected chi connectivity index (χ4v) is 1.60. The molecule has 0 bridgehead atoms. The average Bonchev–Trinajstić information content (AvgIpc) is 2.46. The van der Waals surface area contributed by atoms with Crippen molar-refractivity contribution in [2.24, 2.45) is 0 Å². The summed E-state index contributed by atoms with van der Waals surface area (Å²) in [7, 11) is 0. The van der Waals surface area contributed by atoms with E-state index in [1.54, 1.807) is 0 Å². The maximum atomic E-state index is 8.96. The number of aliphatic hydroxyl groups excluding tert-OH is 1. The maximum Gasteiger partial charge on any atom is 0.106 e. The standard InChI is InChI=1S/C10H12O2/c1-7-2-3-9-8(4-7)6-12-10(9)5-11/h2-4,10-11H,5-6H2,1H3. The highest BCUT2D eigenvalue weighted by Crippen LogP contribution is 2.30. The lowest BCUT2D eigenvalue weighted by Crippen LogP contribution is -2.00. The molecule has 0 saturated carbocycles. The highest BCUT2D eigenvalue weighted by atomic mass is 16.5. The first-order valence-corrected chi connectivity index (χ1v) is 4.13. The van der Waals surface area contributed by atoms with E-state index in [1.807, 2.05) is 6.07 Å². The molecule has 1 aromatic carbocycles. The molecule has 1 aromatic rings. The Labute approximate surface area is 71.8 Å². The maximum absolute atomic E-state index is 8.96. The van der Waals surface area contributed by atoms with Gasteiger partial charge in [0.1, 0.15) is 6.10 Å². The molecule has 64 valence electrons. The largest absolute Gasteiger partial charge is 0.393 e. The lowest BCUT2D eigenvalue weighted by Gasteiger charge is -2.05. The summed E-state index contributed by atoms with van der Waals surface area (Å²) in [5.74, 6) is 0. The lowest BCUT2D eigenvalue weighted by molar-refractivity contribution is 0.0234. The summed E-state index contributed by atoms with van der Waals surface area (Å²) >= 11 is 0. The zero-order valence-corrected chi connectivity index (χ0v) is 7.08. The minimum atomic E-state index is -0.0967. The molecule has 1 aliphatic rings. The molecule has 2 nitrogen and oxygen atoms in total. The van der Waals surface area contributed by atoms with Crippen LogP contribution >= 0.6 is 0 Å². The van der Waals surface area contributed by atoms with E-state index in [0.29, 0.717) is 6.61 Å². The van der Waals surface area contributed by atoms with E-state index in [0.717, 1.165) is 5.56 Å². The van der Waals surface area contributed by atoms with Gasteiger partial charge in [-0.05, 0) is 18.1 Å². The number of aliphatic hydroxyl groups is 1. The lowest BCUT2D eigenvalue weighted by atomic mass is 10.0. The normalized spacial score (nSPS) is 21.0. The summed E-state index contributed by atoms with van der Waals surface area (Å²) in [5.41, 5.74) is 3.60. The zero-order valence-electron chi connectivity index (χ0n) is 7.08. The van der Waals surface area contributed by atoms with E-state index < -0.39 is 0 Å². The van der Waals surface area contributed by atoms with Crippen LogP contribution in [0, 0.1) is 6.92 Å². The van der Waals surface area contributed by atoms with Crippen LogP contribution in [0.4, 0.5) is 0 Å². The van der Waals surface area contributed by atoms with Crippen molar-refractivity contribution in [1.82, 2.24) is 0 Å². The zero-order chi connectivity index (χ0) is 8.55. The molecule has 1 aliphatic heterocycles. The van der Waals surface area contributed by atoms with Gasteiger partial charge in [-0.3, -0.25) is 0 Å². The first-order valence-electron chi connectivity index (χ1n) is 4.13. The van der Waals surface area contributed by atoms with Gasteiger partial charge in [0.15, 0.2) is 0 Å². The number of aryl methyl sites for hydroxylation is 1. The van der Waals surface area contributed by atoms with E-state index >= 15 is 0 Å². The molecule has 0 aromatic heterocycles. The van der Waals surface area contributed by atoms with Gasteiger partial charge in [-0.1, -0.05) is 23.8 Å². The van der Waals surface area contributed by atoms with Gasteiger partial charge in [-0.2, -0.15) is 0 Å². The quantitative estimate of drug-likeness (QED) is 0.682. The molecule has 0 aliphatic carbocycles. The molecule has 0 saturated heterocycles. The Hall–Kier alpha value is -0.860. The summed E-state index contributed by atoms with van der Waals surface area (Å²) in [6.45, 7) is 2.78. The molecule has 12 heavy (non-hydrogen) atoms. The molecule has 2 rings (SSSR count). The summed E-state index contributed by atoms with van der Waals surface area (Å²) in [6, 6.07) is 6.21. The van der Waals surface area contributed by atoms with Crippen molar-refractivity contribution in [3.63, 3.8) is 0 Å². The highest BCUT2D eigenvalue weighted by molar-refractivity contribution is 5.35. The van der Waals surface area contributed by atoms with Gasteiger partial charge < -0.3 is 9.84 Å². The molecule has 0 amide bonds. The summed E-state index contributed by atoms with van der Waals surface area (Å²) in [4.78, 5) is 0. The Morgan fingerprint density at radius 1 is 1.58 bits per heavy atom. The van der Waals surface area contributed by atoms with Crippen molar-refractivity contribution in [3.8, 4) is 0 Å². The monoisotopic (exact) mass is 164 g/mol. The molecule has 1 N–H and O–H groups in total. The van der Waals surface area contributed by atoms with Gasteiger partial charge in [0.05, 0.1) is 13.2 Å². The number of ether oxygens (including phenoxy) is 1. The molecule has 1 atom stereocenters. The SMILES string of the molecule is Cc1ccc2c(c1)COC2CO. The molecular weight excluding hydrogens is 152 g/mol. The van der Waals surface area contributed by atoms with Crippen LogP contribution in [0.5, 0.6) is 0 Å². The number of hydrogen-bond acceptors (Lipinski definition) is 2. The van der Waals surface area contributed by atoms with Crippen molar-refractivity contribution in [2.45, 2.75) is 19.6 Å². The van der Waals surface area contributed by atoms with E-state index in [1.165, 1.54) is 11.1 Å². The Morgan fingerprint density at radius 3 is 3.17 bits per heavy atom. The van der Waals surface area contributed by atoms with Gasteiger partial charge in [0.2, 0.25) is 0 Å². The van der Waals surface area contributed by atoms with Crippen LogP contribution in [-0.4, -0.2) is 11.7 Å². The van der Waals surface area contributed by atoms with Crippen LogP contribution in [0.25, 0.3) is 0 Å². The van der Waals surface area contributed by atoms with Crippen LogP contribution < -0.4 is 0 Å². The fourth-order valence-electron chi connectivity index (χ4n) is 1.60. The first kappa shape index (κ1) is 7.77. The summed E-state index contributed by atoms with van der Waals surface area (Å²) < 4.78 is 5.38. The molecule has 0 fully saturated rings. The predicted molar refractivity (Wildman–Crippen MR) is 45.8 cm³/mol. The number of benzene rings is 1. The second kappa shape index (κ2) is 2.88. The van der Waals surface area contributed by atoms with Gasteiger partial charge in [0, 0.05) is 0 Å². The second-order valence-corrected chi connectivity index (χ2v) is 3.18. The third-order valence-corrected chi connectivity index (χ3v) is 2.25. The van der Waals surface area contributed by atoms with Crippen molar-refractivity contribution in [3.05, 3.63) is 34.9 Å². The van der Waals surface area contributed by atoms with Gasteiger partial charge >= 0.3 is 0 Å². The summed E-state index contributed by atoms with van der Waals surface area (Å²) in [6.07, 6.45) is -0.0967. The van der Waals surface area contributed by atoms with Crippen LogP contribution in [0.1, 0.15) is 22.8 Å². The van der Waals surface area contributed by atoms with Crippen LogP contribution in [0.3, 0.4) is 0 Å². The van der Waals surface area contributed by atoms with Gasteiger partial charge in [-0.25, -0.2) is 0 Å². The van der Waals surface area contributed by atoms with Crippen molar-refractivity contribution < 1.29 is 9.84 Å². The number of rotatable bonds is 1. The minimum absolute atomic E-state index is 0.0794. The summed E-state index contributed by atoms with van der Waals surface area (Å²) in [5, 5.41) is 8.96. The Bertz CT molecular complexity index is 294. The highest BCUT2D eigenvalue weighted by Gasteiger charge is 2.21. The van der Waals surface area contributed by atoms with Crippen molar-refractivity contribution in [1.29, 1.82) is 0 Å². The third-order valence-electron chi connectivity index (χ3n) is 2.25. The molecule has 0 spiro atoms. The second-order valence-electron chi connectivity index (χ2n) is 3.18. The van der Waals surface area contributed by atoms with Crippen LogP contribution in [0.2, 0.25) is 0 Å². The Morgan fingerprint density at radius 2 is 2.42 bits per heavy atom. The van der Waals surface area contributed by atoms with Gasteiger partial charge in [0.25, 0.3) is 0 Å². The molecule has 1 heterocycles. The van der Waals surface area contributed by atoms with E-state index in [2.05, 4.69) is 19.1 Å². The average molecular weight is 164 g/mol. The Kier molecular flexibility index (Phi) is 1.87. The van der Waals surface area contributed by atoms with Gasteiger partial charge in [-0.15, -0.1) is 0 Å². The molecular formula is C10H12O2. The van der Waals surface area contributed by atoms with Crippen molar-refractivity contribution in [2.75, 3.05) is 6.61 Å². The third kappa shape index (κ3) is 1.13. The van der Waals surface area contributed by atoms with E-state index in [4.69, 9.17) is 9.84 Å². The topological polar surface area (TPSA) is 29.5 Å². The molecule has 1 unspecified atom stereocenters.